The van der Waals surface area contributed by atoms with Crippen molar-refractivity contribution in [2.45, 2.75) is 45.1 Å². The van der Waals surface area contributed by atoms with Crippen LogP contribution in [0.2, 0.25) is 0 Å². The number of rotatable bonds is 3. The first kappa shape index (κ1) is 22.0. The summed E-state index contributed by atoms with van der Waals surface area (Å²) in [7, 11) is 1.57. The Morgan fingerprint density at radius 3 is 2.75 bits per heavy atom. The van der Waals surface area contributed by atoms with Gasteiger partial charge >= 0.3 is 0 Å². The lowest BCUT2D eigenvalue weighted by atomic mass is 9.93. The van der Waals surface area contributed by atoms with Crippen molar-refractivity contribution in [3.05, 3.63) is 47.5 Å². The third-order valence-electron chi connectivity index (χ3n) is 6.10. The van der Waals surface area contributed by atoms with Gasteiger partial charge in [0, 0.05) is 31.8 Å². The molecule has 0 unspecified atom stereocenters. The van der Waals surface area contributed by atoms with E-state index in [1.165, 1.54) is 0 Å². The van der Waals surface area contributed by atoms with Crippen LogP contribution in [0.5, 0.6) is 23.0 Å². The van der Waals surface area contributed by atoms with Crippen LogP contribution in [0.3, 0.4) is 0 Å². The molecule has 1 saturated heterocycles. The third-order valence-corrected chi connectivity index (χ3v) is 6.10. The minimum atomic E-state index is -0.183. The molecule has 2 aliphatic rings. The van der Waals surface area contributed by atoms with Gasteiger partial charge in [-0.15, -0.1) is 0 Å². The van der Waals surface area contributed by atoms with Crippen molar-refractivity contribution in [3.63, 3.8) is 0 Å². The molecule has 7 heteroatoms. The van der Waals surface area contributed by atoms with Gasteiger partial charge in [0.2, 0.25) is 11.8 Å². The summed E-state index contributed by atoms with van der Waals surface area (Å²) < 4.78 is 11.5. The molecule has 2 heterocycles. The SMILES string of the molecule is COc1ccc2cc1Oc1cc(ccc1O)CCC(=O)N[C@@H]1CN(C(=O)CC(C)C)C[C@@H]21. The number of ether oxygens (including phenoxy) is 2. The zero-order valence-electron chi connectivity index (χ0n) is 18.8. The number of aryl methyl sites for hydroxylation is 1. The minimum Gasteiger partial charge on any atom is -0.504 e. The Kier molecular flexibility index (Phi) is 6.26. The molecule has 0 spiro atoms. The van der Waals surface area contributed by atoms with Crippen LogP contribution in [-0.2, 0) is 16.0 Å². The summed E-state index contributed by atoms with van der Waals surface area (Å²) in [5, 5.41) is 13.5. The monoisotopic (exact) mass is 438 g/mol. The lowest BCUT2D eigenvalue weighted by Crippen LogP contribution is -2.40. The van der Waals surface area contributed by atoms with Gasteiger partial charge < -0.3 is 24.8 Å². The normalized spacial score (nSPS) is 20.4. The molecule has 2 aromatic carbocycles. The number of benzene rings is 2. The molecule has 7 nitrogen and oxygen atoms in total. The maximum absolute atomic E-state index is 12.8. The molecule has 2 atom stereocenters. The molecule has 2 N–H and O–H groups in total. The van der Waals surface area contributed by atoms with Crippen LogP contribution in [0.25, 0.3) is 0 Å². The summed E-state index contributed by atoms with van der Waals surface area (Å²) >= 11 is 0. The summed E-state index contributed by atoms with van der Waals surface area (Å²) in [5.74, 6) is 1.61. The molecule has 170 valence electrons. The number of phenols is 1. The Balaban J connectivity index is 1.73. The molecule has 0 saturated carbocycles. The van der Waals surface area contributed by atoms with Crippen molar-refractivity contribution in [2.75, 3.05) is 20.2 Å². The van der Waals surface area contributed by atoms with E-state index in [1.807, 2.05) is 36.9 Å². The fraction of sp³-hybridized carbons (Fsp3) is 0.440. The number of nitrogens with zero attached hydrogens (tertiary/aromatic N) is 1. The van der Waals surface area contributed by atoms with E-state index < -0.39 is 0 Å². The van der Waals surface area contributed by atoms with Crippen LogP contribution < -0.4 is 14.8 Å². The molecule has 0 aliphatic carbocycles. The summed E-state index contributed by atoms with van der Waals surface area (Å²) in [6.45, 7) is 5.07. The topological polar surface area (TPSA) is 88.1 Å². The lowest BCUT2D eigenvalue weighted by molar-refractivity contribution is -0.131. The maximum atomic E-state index is 12.8. The Morgan fingerprint density at radius 2 is 2.00 bits per heavy atom. The second kappa shape index (κ2) is 9.10. The smallest absolute Gasteiger partial charge is 0.222 e. The molecule has 2 amide bonds. The zero-order chi connectivity index (χ0) is 22.8. The fourth-order valence-corrected chi connectivity index (χ4v) is 4.42. The number of nitrogens with one attached hydrogen (secondary N) is 1. The maximum Gasteiger partial charge on any atom is 0.222 e. The molecule has 0 radical (unpaired) electrons. The Hall–Kier alpha value is -3.22. The van der Waals surface area contributed by atoms with E-state index in [2.05, 4.69) is 5.32 Å². The zero-order valence-corrected chi connectivity index (χ0v) is 18.8. The Bertz CT molecular complexity index is 1020. The number of likely N-dealkylation sites (tertiary alicyclic amines) is 1. The van der Waals surface area contributed by atoms with Gasteiger partial charge in [0.15, 0.2) is 23.0 Å². The second-order valence-electron chi connectivity index (χ2n) is 8.99. The molecule has 4 bridgehead atoms. The number of carbonyl (C=O) groups is 2. The third kappa shape index (κ3) is 4.66. The molecule has 0 aromatic heterocycles. The van der Waals surface area contributed by atoms with Gasteiger partial charge in [-0.25, -0.2) is 0 Å². The van der Waals surface area contributed by atoms with Crippen LogP contribution >= 0.6 is 0 Å². The van der Waals surface area contributed by atoms with Gasteiger partial charge in [-0.2, -0.15) is 0 Å². The standard InChI is InChI=1S/C25H30N2O5/c1-15(2)10-25(30)27-13-18-17-6-8-21(31-3)23(12-17)32-22-11-16(4-7-20(22)28)5-9-24(29)26-19(18)14-27/h4,6-8,11-12,15,18-19,28H,5,9-10,13-14H2,1-3H3,(H,26,29)/t18-,19+/m0/s1. The predicted octanol–water partition coefficient (Wildman–Crippen LogP) is 3.60. The number of hydrogen-bond donors (Lipinski definition) is 2. The number of carbonyl (C=O) groups excluding carboxylic acids is 2. The lowest BCUT2D eigenvalue weighted by Gasteiger charge is -2.21. The van der Waals surface area contributed by atoms with Gasteiger partial charge in [0.25, 0.3) is 0 Å². The summed E-state index contributed by atoms with van der Waals surface area (Å²) in [4.78, 5) is 27.4. The summed E-state index contributed by atoms with van der Waals surface area (Å²) in [5.41, 5.74) is 1.83. The molecule has 2 aromatic rings. The Morgan fingerprint density at radius 1 is 1.19 bits per heavy atom. The first-order chi connectivity index (χ1) is 15.3. The van der Waals surface area contributed by atoms with Crippen LogP contribution in [0.1, 0.15) is 43.7 Å². The van der Waals surface area contributed by atoms with E-state index in [0.717, 1.165) is 11.1 Å². The van der Waals surface area contributed by atoms with Crippen molar-refractivity contribution < 1.29 is 24.2 Å². The second-order valence-corrected chi connectivity index (χ2v) is 8.99. The highest BCUT2D eigenvalue weighted by molar-refractivity contribution is 5.79. The largest absolute Gasteiger partial charge is 0.504 e. The molecule has 1 fully saturated rings. The van der Waals surface area contributed by atoms with Gasteiger partial charge in [0.1, 0.15) is 0 Å². The molecule has 4 rings (SSSR count). The van der Waals surface area contributed by atoms with E-state index in [4.69, 9.17) is 9.47 Å². The highest BCUT2D eigenvalue weighted by Gasteiger charge is 2.37. The predicted molar refractivity (Wildman–Crippen MR) is 120 cm³/mol. The number of fused-ring (bicyclic) bond motifs is 6. The van der Waals surface area contributed by atoms with Crippen molar-refractivity contribution >= 4 is 11.8 Å². The first-order valence-electron chi connectivity index (χ1n) is 11.1. The van der Waals surface area contributed by atoms with Gasteiger partial charge in [-0.05, 0) is 47.7 Å². The average molecular weight is 439 g/mol. The average Bonchev–Trinajstić information content (AvgIpc) is 3.17. The van der Waals surface area contributed by atoms with Crippen molar-refractivity contribution in [3.8, 4) is 23.0 Å². The molecule has 2 aliphatic heterocycles. The fourth-order valence-electron chi connectivity index (χ4n) is 4.42. The quantitative estimate of drug-likeness (QED) is 0.765. The van der Waals surface area contributed by atoms with Crippen molar-refractivity contribution in [2.24, 2.45) is 5.92 Å². The van der Waals surface area contributed by atoms with Crippen LogP contribution in [0.4, 0.5) is 0 Å². The molecular formula is C25H30N2O5. The highest BCUT2D eigenvalue weighted by Crippen LogP contribution is 2.40. The van der Waals surface area contributed by atoms with Crippen LogP contribution in [0, 0.1) is 5.92 Å². The summed E-state index contributed by atoms with van der Waals surface area (Å²) in [6.07, 6.45) is 1.32. The van der Waals surface area contributed by atoms with Crippen LogP contribution in [-0.4, -0.2) is 48.1 Å². The van der Waals surface area contributed by atoms with Gasteiger partial charge in [-0.1, -0.05) is 26.0 Å². The first-order valence-corrected chi connectivity index (χ1v) is 11.1. The minimum absolute atomic E-state index is 0.0183. The number of hydrogen-bond acceptors (Lipinski definition) is 5. The molecule has 32 heavy (non-hydrogen) atoms. The number of aromatic hydroxyl groups is 1. The summed E-state index contributed by atoms with van der Waals surface area (Å²) in [6, 6.07) is 10.6. The van der Waals surface area contributed by atoms with Crippen molar-refractivity contribution in [1.29, 1.82) is 0 Å². The number of methoxy groups -OCH3 is 1. The molecular weight excluding hydrogens is 408 g/mol. The van der Waals surface area contributed by atoms with Gasteiger partial charge in [-0.3, -0.25) is 9.59 Å². The van der Waals surface area contributed by atoms with Crippen LogP contribution in [0.15, 0.2) is 36.4 Å². The number of phenolic OH excluding ortho intramolecular Hbond substituents is 1. The van der Waals surface area contributed by atoms with Crippen molar-refractivity contribution in [1.82, 2.24) is 10.2 Å². The Labute approximate surface area is 188 Å². The van der Waals surface area contributed by atoms with E-state index in [1.54, 1.807) is 25.3 Å². The highest BCUT2D eigenvalue weighted by atomic mass is 16.5. The van der Waals surface area contributed by atoms with E-state index in [9.17, 15) is 14.7 Å². The van der Waals surface area contributed by atoms with E-state index in [0.29, 0.717) is 49.6 Å². The van der Waals surface area contributed by atoms with E-state index >= 15 is 0 Å². The van der Waals surface area contributed by atoms with Gasteiger partial charge in [0.05, 0.1) is 13.2 Å². The number of amides is 2. The van der Waals surface area contributed by atoms with E-state index in [-0.39, 0.29) is 35.4 Å².